The standard InChI is InChI=1S/C11H8N2O/c12-11-13-10-8-4-2-1-3-7(8)5-6-9(10)14-11/h1-6H,(H2,12,13). The van der Waals surface area contributed by atoms with Gasteiger partial charge in [-0.1, -0.05) is 30.3 Å². The maximum atomic E-state index is 5.50. The summed E-state index contributed by atoms with van der Waals surface area (Å²) in [6.45, 7) is 0. The SMILES string of the molecule is Nc1nc2c(ccc3ccccc32)o1. The lowest BCUT2D eigenvalue weighted by molar-refractivity contribution is 0.626. The van der Waals surface area contributed by atoms with E-state index in [9.17, 15) is 0 Å². The molecule has 1 aromatic heterocycles. The molecule has 0 saturated carbocycles. The van der Waals surface area contributed by atoms with Gasteiger partial charge in [-0.2, -0.15) is 4.98 Å². The number of hydrogen-bond donors (Lipinski definition) is 1. The molecule has 3 aromatic rings. The first-order chi connectivity index (χ1) is 6.84. The van der Waals surface area contributed by atoms with Crippen molar-refractivity contribution in [2.45, 2.75) is 0 Å². The Balaban J connectivity index is 2.60. The van der Waals surface area contributed by atoms with E-state index in [-0.39, 0.29) is 6.01 Å². The van der Waals surface area contributed by atoms with Crippen molar-refractivity contribution in [1.29, 1.82) is 0 Å². The first kappa shape index (κ1) is 7.38. The van der Waals surface area contributed by atoms with Crippen LogP contribution in [-0.2, 0) is 0 Å². The second kappa shape index (κ2) is 2.48. The van der Waals surface area contributed by atoms with Crippen molar-refractivity contribution in [1.82, 2.24) is 4.98 Å². The van der Waals surface area contributed by atoms with Crippen LogP contribution >= 0.6 is 0 Å². The third kappa shape index (κ3) is 0.893. The van der Waals surface area contributed by atoms with E-state index < -0.39 is 0 Å². The monoisotopic (exact) mass is 184 g/mol. The summed E-state index contributed by atoms with van der Waals surface area (Å²) in [5.41, 5.74) is 7.07. The molecular weight excluding hydrogens is 176 g/mol. The van der Waals surface area contributed by atoms with Gasteiger partial charge in [-0.15, -0.1) is 0 Å². The van der Waals surface area contributed by atoms with Crippen LogP contribution in [0.15, 0.2) is 40.8 Å². The van der Waals surface area contributed by atoms with Gasteiger partial charge in [0.15, 0.2) is 5.58 Å². The summed E-state index contributed by atoms with van der Waals surface area (Å²) >= 11 is 0. The summed E-state index contributed by atoms with van der Waals surface area (Å²) in [5.74, 6) is 0. The quantitative estimate of drug-likeness (QED) is 0.584. The molecule has 1 heterocycles. The summed E-state index contributed by atoms with van der Waals surface area (Å²) in [6.07, 6.45) is 0. The smallest absolute Gasteiger partial charge is 0.293 e. The Morgan fingerprint density at radius 3 is 2.86 bits per heavy atom. The molecule has 3 heteroatoms. The summed E-state index contributed by atoms with van der Waals surface area (Å²) in [4.78, 5) is 4.15. The highest BCUT2D eigenvalue weighted by atomic mass is 16.4. The molecule has 2 N–H and O–H groups in total. The van der Waals surface area contributed by atoms with Gasteiger partial charge < -0.3 is 10.2 Å². The number of oxazole rings is 1. The van der Waals surface area contributed by atoms with Crippen LogP contribution in [0.5, 0.6) is 0 Å². The van der Waals surface area contributed by atoms with E-state index in [1.54, 1.807) is 0 Å². The first-order valence-electron chi connectivity index (χ1n) is 4.38. The first-order valence-corrected chi connectivity index (χ1v) is 4.38. The molecule has 14 heavy (non-hydrogen) atoms. The maximum absolute atomic E-state index is 5.50. The van der Waals surface area contributed by atoms with Gasteiger partial charge in [-0.25, -0.2) is 0 Å². The highest BCUT2D eigenvalue weighted by Crippen LogP contribution is 2.25. The topological polar surface area (TPSA) is 52.0 Å². The van der Waals surface area contributed by atoms with Gasteiger partial charge in [-0.05, 0) is 11.5 Å². The van der Waals surface area contributed by atoms with Gasteiger partial charge in [0.05, 0.1) is 0 Å². The van der Waals surface area contributed by atoms with E-state index in [4.69, 9.17) is 10.2 Å². The Hall–Kier alpha value is -2.03. The zero-order valence-corrected chi connectivity index (χ0v) is 7.40. The lowest BCUT2D eigenvalue weighted by Crippen LogP contribution is -1.81. The molecule has 2 aromatic carbocycles. The minimum Gasteiger partial charge on any atom is -0.424 e. The van der Waals surface area contributed by atoms with Crippen LogP contribution in [0.4, 0.5) is 6.01 Å². The number of benzene rings is 2. The second-order valence-electron chi connectivity index (χ2n) is 3.19. The molecule has 3 rings (SSSR count). The van der Waals surface area contributed by atoms with E-state index in [2.05, 4.69) is 4.98 Å². The number of anilines is 1. The highest BCUT2D eigenvalue weighted by molar-refractivity contribution is 6.03. The summed E-state index contributed by atoms with van der Waals surface area (Å²) in [5, 5.41) is 2.22. The Bertz CT molecular complexity index is 613. The van der Waals surface area contributed by atoms with Crippen molar-refractivity contribution < 1.29 is 4.42 Å². The largest absolute Gasteiger partial charge is 0.424 e. The number of nitrogens with two attached hydrogens (primary N) is 1. The van der Waals surface area contributed by atoms with Crippen LogP contribution in [0.25, 0.3) is 21.9 Å². The summed E-state index contributed by atoms with van der Waals surface area (Å²) in [6, 6.07) is 12.1. The Morgan fingerprint density at radius 2 is 1.93 bits per heavy atom. The average Bonchev–Trinajstić information content (AvgIpc) is 2.59. The molecule has 0 radical (unpaired) electrons. The predicted octanol–water partition coefficient (Wildman–Crippen LogP) is 2.56. The zero-order chi connectivity index (χ0) is 9.54. The van der Waals surface area contributed by atoms with Crippen LogP contribution in [-0.4, -0.2) is 4.98 Å². The number of rotatable bonds is 0. The van der Waals surface area contributed by atoms with Crippen LogP contribution in [0.2, 0.25) is 0 Å². The molecule has 0 unspecified atom stereocenters. The molecule has 0 saturated heterocycles. The molecule has 0 bridgehead atoms. The molecule has 0 aliphatic carbocycles. The van der Waals surface area contributed by atoms with Gasteiger partial charge in [0.25, 0.3) is 6.01 Å². The fourth-order valence-corrected chi connectivity index (χ4v) is 1.68. The van der Waals surface area contributed by atoms with E-state index in [1.807, 2.05) is 36.4 Å². The molecule has 0 atom stereocenters. The highest BCUT2D eigenvalue weighted by Gasteiger charge is 2.05. The fourth-order valence-electron chi connectivity index (χ4n) is 1.68. The molecule has 3 nitrogen and oxygen atoms in total. The molecule has 0 fully saturated rings. The van der Waals surface area contributed by atoms with Crippen LogP contribution in [0, 0.1) is 0 Å². The minimum absolute atomic E-state index is 0.219. The Kier molecular flexibility index (Phi) is 1.31. The van der Waals surface area contributed by atoms with Gasteiger partial charge in [-0.3, -0.25) is 0 Å². The number of nitrogen functional groups attached to an aromatic ring is 1. The Morgan fingerprint density at radius 1 is 1.07 bits per heavy atom. The van der Waals surface area contributed by atoms with E-state index in [1.165, 1.54) is 0 Å². The van der Waals surface area contributed by atoms with Gasteiger partial charge in [0, 0.05) is 5.39 Å². The zero-order valence-electron chi connectivity index (χ0n) is 7.40. The van der Waals surface area contributed by atoms with Crippen molar-refractivity contribution in [2.24, 2.45) is 0 Å². The van der Waals surface area contributed by atoms with Crippen LogP contribution in [0.3, 0.4) is 0 Å². The molecule has 0 amide bonds. The van der Waals surface area contributed by atoms with Gasteiger partial charge >= 0.3 is 0 Å². The van der Waals surface area contributed by atoms with E-state index in [0.29, 0.717) is 0 Å². The van der Waals surface area contributed by atoms with Crippen LogP contribution < -0.4 is 5.73 Å². The van der Waals surface area contributed by atoms with Gasteiger partial charge in [0.1, 0.15) is 5.52 Å². The van der Waals surface area contributed by atoms with Crippen LogP contribution in [0.1, 0.15) is 0 Å². The molecular formula is C11H8N2O. The van der Waals surface area contributed by atoms with Crippen molar-refractivity contribution in [3.05, 3.63) is 36.4 Å². The minimum atomic E-state index is 0.219. The van der Waals surface area contributed by atoms with E-state index >= 15 is 0 Å². The van der Waals surface area contributed by atoms with Crippen molar-refractivity contribution >= 4 is 27.9 Å². The third-order valence-corrected chi connectivity index (χ3v) is 2.30. The molecule has 0 aliphatic heterocycles. The molecule has 0 aliphatic rings. The fraction of sp³-hybridized carbons (Fsp3) is 0. The second-order valence-corrected chi connectivity index (χ2v) is 3.19. The number of fused-ring (bicyclic) bond motifs is 3. The normalized spacial score (nSPS) is 11.1. The predicted molar refractivity (Wildman–Crippen MR) is 55.9 cm³/mol. The van der Waals surface area contributed by atoms with Crippen molar-refractivity contribution in [3.63, 3.8) is 0 Å². The average molecular weight is 184 g/mol. The maximum Gasteiger partial charge on any atom is 0.293 e. The lowest BCUT2D eigenvalue weighted by Gasteiger charge is -1.95. The molecule has 68 valence electrons. The third-order valence-electron chi connectivity index (χ3n) is 2.30. The number of hydrogen-bond acceptors (Lipinski definition) is 3. The number of aromatic nitrogens is 1. The lowest BCUT2D eigenvalue weighted by atomic mass is 10.1. The summed E-state index contributed by atoms with van der Waals surface area (Å²) < 4.78 is 5.24. The summed E-state index contributed by atoms with van der Waals surface area (Å²) in [7, 11) is 0. The molecule has 0 spiro atoms. The van der Waals surface area contributed by atoms with Crippen molar-refractivity contribution in [2.75, 3.05) is 5.73 Å². The van der Waals surface area contributed by atoms with Crippen molar-refractivity contribution in [3.8, 4) is 0 Å². The number of nitrogens with zero attached hydrogens (tertiary/aromatic N) is 1. The van der Waals surface area contributed by atoms with Gasteiger partial charge in [0.2, 0.25) is 0 Å². The van der Waals surface area contributed by atoms with E-state index in [0.717, 1.165) is 21.9 Å². The Labute approximate surface area is 80.1 Å².